The van der Waals surface area contributed by atoms with Gasteiger partial charge in [0.15, 0.2) is 5.69 Å². The van der Waals surface area contributed by atoms with Crippen LogP contribution in [0.25, 0.3) is 0 Å². The van der Waals surface area contributed by atoms with E-state index in [4.69, 9.17) is 4.74 Å². The van der Waals surface area contributed by atoms with E-state index in [0.29, 0.717) is 25.6 Å². The lowest BCUT2D eigenvalue weighted by molar-refractivity contribution is -0.141. The molecule has 0 bridgehead atoms. The van der Waals surface area contributed by atoms with Crippen LogP contribution in [0.15, 0.2) is 18.3 Å². The van der Waals surface area contributed by atoms with Crippen LogP contribution in [0.1, 0.15) is 35.3 Å². The fraction of sp³-hybridized carbons (Fsp3) is 0.600. The minimum atomic E-state index is -4.67. The van der Waals surface area contributed by atoms with Crippen LogP contribution in [0.3, 0.4) is 0 Å². The molecule has 1 aromatic rings. The molecule has 3 rings (SSSR count). The van der Waals surface area contributed by atoms with Crippen LogP contribution in [0.5, 0.6) is 0 Å². The lowest BCUT2D eigenvalue weighted by Crippen LogP contribution is -2.45. The first-order valence-electron chi connectivity index (χ1n) is 7.87. The van der Waals surface area contributed by atoms with Crippen molar-refractivity contribution >= 4 is 5.91 Å². The predicted molar refractivity (Wildman–Crippen MR) is 78.7 cm³/mol. The van der Waals surface area contributed by atoms with Crippen molar-refractivity contribution in [2.24, 2.45) is 5.92 Å². The van der Waals surface area contributed by atoms with E-state index in [9.17, 15) is 18.0 Å². The molecule has 3 heterocycles. The molecule has 2 unspecified atom stereocenters. The Bertz CT molecular complexity index is 590. The fourth-order valence-corrected chi connectivity index (χ4v) is 3.15. The van der Waals surface area contributed by atoms with Crippen molar-refractivity contribution in [3.8, 4) is 0 Å². The molecule has 0 saturated carbocycles. The molecule has 1 aromatic heterocycles. The zero-order valence-corrected chi connectivity index (χ0v) is 12.9. The second-order valence-corrected chi connectivity index (χ2v) is 6.00. The van der Waals surface area contributed by atoms with Crippen molar-refractivity contribution in [1.29, 1.82) is 0 Å². The van der Waals surface area contributed by atoms with E-state index in [-0.39, 0.29) is 6.04 Å². The van der Waals surface area contributed by atoms with E-state index in [2.05, 4.69) is 21.2 Å². The van der Waals surface area contributed by atoms with Gasteiger partial charge in [-0.3, -0.25) is 15.2 Å². The SMILES string of the molecule is O=C(NC1CC(C2CCOCC2)NN1)c1cccnc1C(F)(F)F. The van der Waals surface area contributed by atoms with Gasteiger partial charge in [0.1, 0.15) is 0 Å². The molecule has 6 nitrogen and oxygen atoms in total. The predicted octanol–water partition coefficient (Wildman–Crippen LogP) is 1.45. The Morgan fingerprint density at radius 1 is 1.29 bits per heavy atom. The van der Waals surface area contributed by atoms with Crippen LogP contribution in [0.4, 0.5) is 13.2 Å². The van der Waals surface area contributed by atoms with Gasteiger partial charge in [-0.15, -0.1) is 0 Å². The topological polar surface area (TPSA) is 75.3 Å². The summed E-state index contributed by atoms with van der Waals surface area (Å²) in [5.41, 5.74) is 4.42. The number of hydrazine groups is 1. The highest BCUT2D eigenvalue weighted by molar-refractivity contribution is 5.95. The number of halogens is 3. The smallest absolute Gasteiger partial charge is 0.381 e. The summed E-state index contributed by atoms with van der Waals surface area (Å²) < 4.78 is 44.2. The Labute approximate surface area is 137 Å². The fourth-order valence-electron chi connectivity index (χ4n) is 3.15. The third kappa shape index (κ3) is 3.85. The number of nitrogens with one attached hydrogen (secondary N) is 3. The molecule has 0 radical (unpaired) electrons. The van der Waals surface area contributed by atoms with Crippen molar-refractivity contribution in [3.63, 3.8) is 0 Å². The van der Waals surface area contributed by atoms with Gasteiger partial charge in [-0.25, -0.2) is 5.43 Å². The number of alkyl halides is 3. The maximum atomic E-state index is 12.9. The van der Waals surface area contributed by atoms with E-state index < -0.39 is 29.5 Å². The highest BCUT2D eigenvalue weighted by atomic mass is 19.4. The van der Waals surface area contributed by atoms with Gasteiger partial charge in [-0.2, -0.15) is 13.2 Å². The number of pyridine rings is 1. The number of nitrogens with zero attached hydrogens (tertiary/aromatic N) is 1. The molecule has 0 aliphatic carbocycles. The Morgan fingerprint density at radius 3 is 2.75 bits per heavy atom. The number of amides is 1. The summed E-state index contributed by atoms with van der Waals surface area (Å²) in [5, 5.41) is 2.59. The van der Waals surface area contributed by atoms with Crippen LogP contribution < -0.4 is 16.2 Å². The molecule has 0 spiro atoms. The van der Waals surface area contributed by atoms with Crippen molar-refractivity contribution in [2.75, 3.05) is 13.2 Å². The molecule has 0 aromatic carbocycles. The van der Waals surface area contributed by atoms with Gasteiger partial charge < -0.3 is 10.1 Å². The number of carbonyl (C=O) groups is 1. The number of aromatic nitrogens is 1. The van der Waals surface area contributed by atoms with Crippen LogP contribution in [-0.4, -0.2) is 36.3 Å². The molecular formula is C15H19F3N4O2. The number of carbonyl (C=O) groups excluding carboxylic acids is 1. The molecule has 132 valence electrons. The lowest BCUT2D eigenvalue weighted by Gasteiger charge is -2.26. The van der Waals surface area contributed by atoms with Crippen LogP contribution >= 0.6 is 0 Å². The molecule has 3 N–H and O–H groups in total. The third-order valence-corrected chi connectivity index (χ3v) is 4.39. The molecule has 9 heteroatoms. The van der Waals surface area contributed by atoms with E-state index in [1.165, 1.54) is 6.07 Å². The highest BCUT2D eigenvalue weighted by Crippen LogP contribution is 2.30. The maximum absolute atomic E-state index is 12.9. The zero-order valence-electron chi connectivity index (χ0n) is 12.9. The van der Waals surface area contributed by atoms with Gasteiger partial charge in [-0.1, -0.05) is 0 Å². The average Bonchev–Trinajstić information content (AvgIpc) is 3.03. The maximum Gasteiger partial charge on any atom is 0.434 e. The van der Waals surface area contributed by atoms with E-state index in [1.54, 1.807) is 0 Å². The normalized spacial score (nSPS) is 25.6. The number of rotatable bonds is 3. The molecular weight excluding hydrogens is 325 g/mol. The van der Waals surface area contributed by atoms with Crippen molar-refractivity contribution in [3.05, 3.63) is 29.6 Å². The van der Waals surface area contributed by atoms with E-state index >= 15 is 0 Å². The van der Waals surface area contributed by atoms with Crippen LogP contribution in [0.2, 0.25) is 0 Å². The first kappa shape index (κ1) is 17.1. The minimum Gasteiger partial charge on any atom is -0.381 e. The van der Waals surface area contributed by atoms with Crippen LogP contribution in [-0.2, 0) is 10.9 Å². The Kier molecular flexibility index (Phi) is 5.02. The van der Waals surface area contributed by atoms with Gasteiger partial charge in [0, 0.05) is 25.5 Å². The average molecular weight is 344 g/mol. The molecule has 2 aliphatic heterocycles. The summed E-state index contributed by atoms with van der Waals surface area (Å²) >= 11 is 0. The second-order valence-electron chi connectivity index (χ2n) is 6.00. The number of hydrogen-bond donors (Lipinski definition) is 3. The van der Waals surface area contributed by atoms with Gasteiger partial charge in [-0.05, 0) is 37.3 Å². The molecule has 2 atom stereocenters. The van der Waals surface area contributed by atoms with Gasteiger partial charge >= 0.3 is 6.18 Å². The second kappa shape index (κ2) is 7.04. The van der Waals surface area contributed by atoms with Gasteiger partial charge in [0.2, 0.25) is 0 Å². The standard InChI is InChI=1S/C15H19F3N4O2/c16-15(17,18)13-10(2-1-5-19-13)14(23)20-12-8-11(21-22-12)9-3-6-24-7-4-9/h1-2,5,9,11-12,21-22H,3-4,6-8H2,(H,20,23). The summed E-state index contributed by atoms with van der Waals surface area (Å²) in [5.74, 6) is -0.361. The van der Waals surface area contributed by atoms with Crippen LogP contribution in [0, 0.1) is 5.92 Å². The monoisotopic (exact) mass is 344 g/mol. The molecule has 2 fully saturated rings. The Balaban J connectivity index is 1.62. The molecule has 2 saturated heterocycles. The van der Waals surface area contributed by atoms with Crippen molar-refractivity contribution in [2.45, 2.75) is 37.6 Å². The third-order valence-electron chi connectivity index (χ3n) is 4.39. The summed E-state index contributed by atoms with van der Waals surface area (Å²) in [7, 11) is 0. The number of ether oxygens (including phenoxy) is 1. The van der Waals surface area contributed by atoms with Gasteiger partial charge in [0.25, 0.3) is 5.91 Å². The zero-order chi connectivity index (χ0) is 17.2. The van der Waals surface area contributed by atoms with Crippen molar-refractivity contribution < 1.29 is 22.7 Å². The quantitative estimate of drug-likeness (QED) is 0.774. The largest absolute Gasteiger partial charge is 0.434 e. The lowest BCUT2D eigenvalue weighted by atomic mass is 9.90. The minimum absolute atomic E-state index is 0.162. The first-order valence-corrected chi connectivity index (χ1v) is 7.87. The summed E-state index contributed by atoms with van der Waals surface area (Å²) in [6, 6.07) is 2.61. The Morgan fingerprint density at radius 2 is 2.04 bits per heavy atom. The summed E-state index contributed by atoms with van der Waals surface area (Å²) in [6.07, 6.45) is -1.60. The van der Waals surface area contributed by atoms with E-state index in [1.807, 2.05) is 0 Å². The first-order chi connectivity index (χ1) is 11.4. The molecule has 2 aliphatic rings. The molecule has 1 amide bonds. The summed E-state index contributed by atoms with van der Waals surface area (Å²) in [6.45, 7) is 1.43. The van der Waals surface area contributed by atoms with E-state index in [0.717, 1.165) is 25.1 Å². The van der Waals surface area contributed by atoms with Gasteiger partial charge in [0.05, 0.1) is 11.7 Å². The van der Waals surface area contributed by atoms with Crippen molar-refractivity contribution in [1.82, 2.24) is 21.2 Å². The molecule has 24 heavy (non-hydrogen) atoms. The Hall–Kier alpha value is -1.71. The number of hydrogen-bond acceptors (Lipinski definition) is 5. The summed E-state index contributed by atoms with van der Waals surface area (Å²) in [4.78, 5) is 15.5. The highest BCUT2D eigenvalue weighted by Gasteiger charge is 2.38.